The van der Waals surface area contributed by atoms with Gasteiger partial charge in [0.2, 0.25) is 0 Å². The Morgan fingerprint density at radius 1 is 1.43 bits per heavy atom. The number of fused-ring (bicyclic) bond motifs is 1. The Morgan fingerprint density at radius 2 is 2.21 bits per heavy atom. The van der Waals surface area contributed by atoms with Crippen LogP contribution < -0.4 is 0 Å². The van der Waals surface area contributed by atoms with Crippen molar-refractivity contribution in [2.45, 2.75) is 0 Å². The molecule has 0 saturated carbocycles. The molecule has 0 spiro atoms. The lowest BCUT2D eigenvalue weighted by Gasteiger charge is -2.14. The quantitative estimate of drug-likeness (QED) is 0.382. The number of ether oxygens (including phenoxy) is 1. The first-order valence-electron chi connectivity index (χ1n) is 3.97. The van der Waals surface area contributed by atoms with Crippen LogP contribution in [-0.4, -0.2) is 17.5 Å². The van der Waals surface area contributed by atoms with Gasteiger partial charge in [0.25, 0.3) is 5.69 Å². The molecule has 0 N–H and O–H groups in total. The molecule has 1 heterocycles. The van der Waals surface area contributed by atoms with Gasteiger partial charge in [0.1, 0.15) is 0 Å². The molecule has 1 aliphatic rings. The van der Waals surface area contributed by atoms with Gasteiger partial charge in [-0.15, -0.1) is 0 Å². The van der Waals surface area contributed by atoms with Gasteiger partial charge in [0.05, 0.1) is 17.1 Å². The zero-order valence-corrected chi connectivity index (χ0v) is 7.10. The maximum atomic E-state index is 11.2. The summed E-state index contributed by atoms with van der Waals surface area (Å²) in [5, 5.41) is 10.4. The first kappa shape index (κ1) is 8.68. The monoisotopic (exact) mass is 192 g/mol. The van der Waals surface area contributed by atoms with Crippen molar-refractivity contribution in [1.29, 1.82) is 0 Å². The smallest absolute Gasteiger partial charge is 0.338 e. The predicted molar refractivity (Wildman–Crippen MR) is 46.8 cm³/mol. The van der Waals surface area contributed by atoms with Crippen molar-refractivity contribution in [3.05, 3.63) is 45.9 Å². The molecular weight excluding hydrogens is 186 g/mol. The predicted octanol–water partition coefficient (Wildman–Crippen LogP) is 1.32. The molecule has 5 heteroatoms. The number of carbonyl (C=O) groups is 1. The number of nitro benzene ring substituents is 1. The van der Waals surface area contributed by atoms with Crippen LogP contribution in [0.3, 0.4) is 0 Å². The Balaban J connectivity index is 2.51. The number of esters is 1. The Bertz CT molecular complexity index is 413. The van der Waals surface area contributed by atoms with Crippen LogP contribution >= 0.6 is 0 Å². The fourth-order valence-corrected chi connectivity index (χ4v) is 1.30. The molecule has 0 amide bonds. The molecule has 0 fully saturated rings. The molecule has 14 heavy (non-hydrogen) atoms. The van der Waals surface area contributed by atoms with Crippen LogP contribution in [-0.2, 0) is 4.74 Å². The third-order valence-electron chi connectivity index (χ3n) is 1.99. The average molecular weight is 192 g/mol. The van der Waals surface area contributed by atoms with Gasteiger partial charge >= 0.3 is 5.97 Å². The molecule has 5 nitrogen and oxygen atoms in total. The van der Waals surface area contributed by atoms with Crippen LogP contribution in [0.2, 0.25) is 0 Å². The Labute approximate surface area is 79.4 Å². The zero-order valence-electron chi connectivity index (χ0n) is 7.10. The summed E-state index contributed by atoms with van der Waals surface area (Å²) in [6.45, 7) is 0.226. The first-order chi connectivity index (χ1) is 6.68. The summed E-state index contributed by atoms with van der Waals surface area (Å²) < 4.78 is 4.72. The fourth-order valence-electron chi connectivity index (χ4n) is 1.30. The van der Waals surface area contributed by atoms with Crippen molar-refractivity contribution >= 4 is 11.7 Å². The fraction of sp³-hybridized carbons (Fsp3) is 0.111. The highest BCUT2D eigenvalue weighted by Gasteiger charge is 2.21. The van der Waals surface area contributed by atoms with E-state index in [1.165, 1.54) is 12.1 Å². The molecule has 2 rings (SSSR count). The zero-order chi connectivity index (χ0) is 10.1. The minimum atomic E-state index is -0.540. The van der Waals surface area contributed by atoms with E-state index in [4.69, 9.17) is 4.74 Å². The molecule has 0 bridgehead atoms. The number of nitrogens with zero attached hydrogens (tertiary/aromatic N) is 1. The van der Waals surface area contributed by atoms with E-state index in [0.29, 0.717) is 5.56 Å². The average Bonchev–Trinajstić information content (AvgIpc) is 2.18. The van der Waals surface area contributed by atoms with Gasteiger partial charge in [-0.1, -0.05) is 6.07 Å². The van der Waals surface area contributed by atoms with Crippen molar-refractivity contribution in [2.24, 2.45) is 0 Å². The lowest BCUT2D eigenvalue weighted by molar-refractivity contribution is -0.384. The van der Waals surface area contributed by atoms with Crippen molar-refractivity contribution in [3.8, 4) is 0 Å². The van der Waals surface area contributed by atoms with Gasteiger partial charge in [-0.3, -0.25) is 10.1 Å². The highest BCUT2D eigenvalue weighted by Crippen LogP contribution is 2.22. The molecular formula is C9H6NO4. The van der Waals surface area contributed by atoms with Crippen LogP contribution in [0.1, 0.15) is 15.9 Å². The lowest BCUT2D eigenvalue weighted by Crippen LogP contribution is -2.16. The van der Waals surface area contributed by atoms with Crippen molar-refractivity contribution < 1.29 is 14.5 Å². The summed E-state index contributed by atoms with van der Waals surface area (Å²) in [5.74, 6) is -0.508. The minimum absolute atomic E-state index is 0.101. The lowest BCUT2D eigenvalue weighted by atomic mass is 10.0. The minimum Gasteiger partial charge on any atom is -0.461 e. The molecule has 71 valence electrons. The van der Waals surface area contributed by atoms with Crippen molar-refractivity contribution in [2.75, 3.05) is 6.61 Å². The van der Waals surface area contributed by atoms with Crippen LogP contribution in [0.5, 0.6) is 0 Å². The normalized spacial score (nSPS) is 14.4. The van der Waals surface area contributed by atoms with E-state index < -0.39 is 10.9 Å². The molecule has 0 atom stereocenters. The van der Waals surface area contributed by atoms with Gasteiger partial charge < -0.3 is 4.74 Å². The number of hydrogen-bond donors (Lipinski definition) is 0. The number of cyclic esters (lactones) is 1. The summed E-state index contributed by atoms with van der Waals surface area (Å²) in [5.41, 5.74) is 0.841. The Morgan fingerprint density at radius 3 is 2.93 bits per heavy atom. The van der Waals surface area contributed by atoms with E-state index in [1.54, 1.807) is 12.5 Å². The highest BCUT2D eigenvalue weighted by molar-refractivity contribution is 5.93. The molecule has 0 aliphatic carbocycles. The molecule has 1 aromatic carbocycles. The third-order valence-corrected chi connectivity index (χ3v) is 1.99. The highest BCUT2D eigenvalue weighted by atomic mass is 16.6. The van der Waals surface area contributed by atoms with E-state index in [9.17, 15) is 14.9 Å². The Kier molecular flexibility index (Phi) is 1.92. The molecule has 0 unspecified atom stereocenters. The van der Waals surface area contributed by atoms with Gasteiger partial charge in [-0.05, 0) is 5.56 Å². The third kappa shape index (κ3) is 1.32. The topological polar surface area (TPSA) is 69.4 Å². The maximum Gasteiger partial charge on any atom is 0.338 e. The molecule has 0 aromatic heterocycles. The Hall–Kier alpha value is -1.91. The first-order valence-corrected chi connectivity index (χ1v) is 3.97. The second kappa shape index (κ2) is 3.10. The van der Waals surface area contributed by atoms with E-state index in [2.05, 4.69) is 0 Å². The SMILES string of the molecule is O=C1OC[CH]c2ccc([N+](=O)[O-])cc21. The van der Waals surface area contributed by atoms with Gasteiger partial charge in [-0.25, -0.2) is 4.79 Å². The van der Waals surface area contributed by atoms with Crippen LogP contribution in [0.25, 0.3) is 0 Å². The van der Waals surface area contributed by atoms with E-state index in [1.807, 2.05) is 0 Å². The summed E-state index contributed by atoms with van der Waals surface area (Å²) in [6, 6.07) is 4.15. The number of non-ortho nitro benzene ring substituents is 1. The molecule has 1 radical (unpaired) electrons. The summed E-state index contributed by atoms with van der Waals surface area (Å²) in [6.07, 6.45) is 1.71. The summed E-state index contributed by atoms with van der Waals surface area (Å²) >= 11 is 0. The number of nitro groups is 1. The largest absolute Gasteiger partial charge is 0.461 e. The standard InChI is InChI=1S/C9H6NO4/c11-9-8-5-7(10(12)13)2-1-6(8)3-4-14-9/h1-3,5H,4H2. The van der Waals surface area contributed by atoms with Crippen LogP contribution in [0, 0.1) is 16.5 Å². The van der Waals surface area contributed by atoms with E-state index in [-0.39, 0.29) is 17.9 Å². The van der Waals surface area contributed by atoms with Gasteiger partial charge in [0, 0.05) is 18.6 Å². The maximum absolute atomic E-state index is 11.2. The van der Waals surface area contributed by atoms with E-state index in [0.717, 1.165) is 0 Å². The van der Waals surface area contributed by atoms with Gasteiger partial charge in [-0.2, -0.15) is 0 Å². The van der Waals surface area contributed by atoms with Crippen molar-refractivity contribution in [3.63, 3.8) is 0 Å². The second-order valence-corrected chi connectivity index (χ2v) is 2.83. The number of carbonyl (C=O) groups excluding carboxylic acids is 1. The second-order valence-electron chi connectivity index (χ2n) is 2.83. The summed E-state index contributed by atoms with van der Waals surface area (Å²) in [4.78, 5) is 21.1. The van der Waals surface area contributed by atoms with E-state index >= 15 is 0 Å². The molecule has 1 aliphatic heterocycles. The van der Waals surface area contributed by atoms with Crippen LogP contribution in [0.4, 0.5) is 5.69 Å². The van der Waals surface area contributed by atoms with Crippen molar-refractivity contribution in [1.82, 2.24) is 0 Å². The molecule has 0 saturated heterocycles. The summed E-state index contributed by atoms with van der Waals surface area (Å²) in [7, 11) is 0. The van der Waals surface area contributed by atoms with Crippen LogP contribution in [0.15, 0.2) is 18.2 Å². The number of benzene rings is 1. The van der Waals surface area contributed by atoms with Gasteiger partial charge in [0.15, 0.2) is 0 Å². The number of hydrogen-bond acceptors (Lipinski definition) is 4. The number of rotatable bonds is 1. The molecule has 1 aromatic rings.